The number of nitrogens with zero attached hydrogens (tertiary/aromatic N) is 6. The molecule has 1 saturated heterocycles. The summed E-state index contributed by atoms with van der Waals surface area (Å²) in [7, 11) is 0. The maximum atomic E-state index is 12.7. The number of nitrogens with two attached hydrogens (primary N) is 1. The first-order valence-corrected chi connectivity index (χ1v) is 8.60. The highest BCUT2D eigenvalue weighted by Crippen LogP contribution is 2.31. The number of aromatic nitrogens is 3. The Hall–Kier alpha value is -4.05. The number of nitrogen functional groups attached to an aromatic ring is 1. The number of piperidine rings is 1. The van der Waals surface area contributed by atoms with E-state index in [0.29, 0.717) is 37.6 Å². The van der Waals surface area contributed by atoms with Crippen LogP contribution in [0.25, 0.3) is 11.7 Å². The van der Waals surface area contributed by atoms with Crippen molar-refractivity contribution in [1.29, 1.82) is 10.5 Å². The molecule has 0 unspecified atom stereocenters. The quantitative estimate of drug-likeness (QED) is 0.722. The Kier molecular flexibility index (Phi) is 4.30. The molecule has 0 saturated carbocycles. The van der Waals surface area contributed by atoms with Gasteiger partial charge in [-0.2, -0.15) is 25.3 Å². The van der Waals surface area contributed by atoms with Gasteiger partial charge in [0.1, 0.15) is 23.5 Å². The molecule has 4 heterocycles. The van der Waals surface area contributed by atoms with Gasteiger partial charge in [-0.3, -0.25) is 4.79 Å². The summed E-state index contributed by atoms with van der Waals surface area (Å²) in [5, 5.41) is 22.2. The third-order valence-electron chi connectivity index (χ3n) is 4.71. The summed E-state index contributed by atoms with van der Waals surface area (Å²) in [6, 6.07) is 7.35. The predicted octanol–water partition coefficient (Wildman–Crippen LogP) is 2.01. The van der Waals surface area contributed by atoms with Crippen molar-refractivity contribution in [2.45, 2.75) is 12.8 Å². The lowest BCUT2D eigenvalue weighted by Crippen LogP contribution is -2.38. The predicted molar refractivity (Wildman–Crippen MR) is 95.8 cm³/mol. The Morgan fingerprint density at radius 3 is 2.68 bits per heavy atom. The van der Waals surface area contributed by atoms with Gasteiger partial charge in [-0.05, 0) is 25.0 Å². The van der Waals surface area contributed by atoms with Crippen molar-refractivity contribution >= 4 is 17.6 Å². The van der Waals surface area contributed by atoms with Crippen LogP contribution >= 0.6 is 0 Å². The largest absolute Gasteiger partial charge is 0.459 e. The van der Waals surface area contributed by atoms with Gasteiger partial charge in [-0.25, -0.2) is 0 Å². The number of hydrogen-bond acceptors (Lipinski definition) is 9. The highest BCUT2D eigenvalue weighted by Gasteiger charge is 2.31. The van der Waals surface area contributed by atoms with E-state index in [9.17, 15) is 10.1 Å². The Labute approximate surface area is 159 Å². The highest BCUT2D eigenvalue weighted by atomic mass is 16.4. The standard InChI is InChI=1S/C18H15N7O3/c19-8-12-10-22-25(15(12)21)17(26)11-3-5-24(6-4-11)18-13(9-20)23-16(28-18)14-2-1-7-27-14/h1-2,7,10-11H,3-6,21H2. The lowest BCUT2D eigenvalue weighted by atomic mass is 9.96. The van der Waals surface area contributed by atoms with Crippen LogP contribution < -0.4 is 10.6 Å². The molecule has 0 aliphatic carbocycles. The molecule has 10 heteroatoms. The lowest BCUT2D eigenvalue weighted by molar-refractivity contribution is 0.0798. The molecule has 2 N–H and O–H groups in total. The second-order valence-corrected chi connectivity index (χ2v) is 6.33. The molecule has 3 aromatic heterocycles. The SMILES string of the molecule is N#Cc1cnn(C(=O)C2CCN(c3oc(-c4ccco4)nc3C#N)CC2)c1N. The number of nitriles is 2. The van der Waals surface area contributed by atoms with Crippen molar-refractivity contribution in [3.63, 3.8) is 0 Å². The molecule has 140 valence electrons. The zero-order valence-electron chi connectivity index (χ0n) is 14.7. The Bertz CT molecular complexity index is 1090. The third-order valence-corrected chi connectivity index (χ3v) is 4.71. The minimum atomic E-state index is -0.289. The maximum absolute atomic E-state index is 12.7. The smallest absolute Gasteiger partial charge is 0.266 e. The van der Waals surface area contributed by atoms with Crippen molar-refractivity contribution < 1.29 is 13.6 Å². The maximum Gasteiger partial charge on any atom is 0.266 e. The Morgan fingerprint density at radius 1 is 1.29 bits per heavy atom. The van der Waals surface area contributed by atoms with Crippen LogP contribution in [-0.4, -0.2) is 33.8 Å². The van der Waals surface area contributed by atoms with Crippen LogP contribution in [0.2, 0.25) is 0 Å². The van der Waals surface area contributed by atoms with Crippen molar-refractivity contribution in [3.8, 4) is 23.8 Å². The van der Waals surface area contributed by atoms with Crippen LogP contribution in [0.1, 0.15) is 28.9 Å². The van der Waals surface area contributed by atoms with Crippen LogP contribution in [0.15, 0.2) is 33.4 Å². The molecular formula is C18H15N7O3. The van der Waals surface area contributed by atoms with Crippen molar-refractivity contribution in [3.05, 3.63) is 35.9 Å². The van der Waals surface area contributed by atoms with E-state index in [1.54, 1.807) is 12.1 Å². The van der Waals surface area contributed by atoms with E-state index in [1.165, 1.54) is 12.5 Å². The molecule has 0 atom stereocenters. The lowest BCUT2D eigenvalue weighted by Gasteiger charge is -2.30. The zero-order chi connectivity index (χ0) is 19.7. The Balaban J connectivity index is 1.49. The monoisotopic (exact) mass is 377 g/mol. The summed E-state index contributed by atoms with van der Waals surface area (Å²) in [6.45, 7) is 1.01. The van der Waals surface area contributed by atoms with E-state index >= 15 is 0 Å². The Morgan fingerprint density at radius 2 is 2.07 bits per heavy atom. The molecule has 1 fully saturated rings. The molecule has 0 amide bonds. The molecular weight excluding hydrogens is 362 g/mol. The summed E-state index contributed by atoms with van der Waals surface area (Å²) in [4.78, 5) is 18.7. The van der Waals surface area contributed by atoms with Gasteiger partial charge in [-0.1, -0.05) is 0 Å². The van der Waals surface area contributed by atoms with Crippen LogP contribution in [0.5, 0.6) is 0 Å². The molecule has 0 bridgehead atoms. The molecule has 1 aliphatic heterocycles. The number of carbonyl (C=O) groups excluding carboxylic acids is 1. The van der Waals surface area contributed by atoms with Gasteiger partial charge < -0.3 is 19.5 Å². The molecule has 10 nitrogen and oxygen atoms in total. The normalized spacial score (nSPS) is 14.6. The van der Waals surface area contributed by atoms with E-state index in [-0.39, 0.29) is 34.8 Å². The molecule has 1 aliphatic rings. The van der Waals surface area contributed by atoms with E-state index in [2.05, 4.69) is 10.1 Å². The second-order valence-electron chi connectivity index (χ2n) is 6.33. The van der Waals surface area contributed by atoms with E-state index in [0.717, 1.165) is 4.68 Å². The minimum absolute atomic E-state index is 0.0556. The molecule has 4 rings (SSSR count). The van der Waals surface area contributed by atoms with Gasteiger partial charge >= 0.3 is 0 Å². The average Bonchev–Trinajstić information content (AvgIpc) is 3.46. The third kappa shape index (κ3) is 2.87. The summed E-state index contributed by atoms with van der Waals surface area (Å²) in [5.41, 5.74) is 6.16. The van der Waals surface area contributed by atoms with Gasteiger partial charge in [-0.15, -0.1) is 0 Å². The fourth-order valence-corrected chi connectivity index (χ4v) is 3.23. The first-order valence-electron chi connectivity index (χ1n) is 8.60. The van der Waals surface area contributed by atoms with E-state index < -0.39 is 0 Å². The minimum Gasteiger partial charge on any atom is -0.459 e. The second kappa shape index (κ2) is 6.93. The van der Waals surface area contributed by atoms with E-state index in [1.807, 2.05) is 17.0 Å². The number of rotatable bonds is 3. The number of oxazole rings is 1. The van der Waals surface area contributed by atoms with Crippen LogP contribution in [0.3, 0.4) is 0 Å². The summed E-state index contributed by atoms with van der Waals surface area (Å²) < 4.78 is 12.1. The molecule has 3 aromatic rings. The topological polar surface area (TPSA) is 151 Å². The van der Waals surface area contributed by atoms with Gasteiger partial charge in [0.2, 0.25) is 11.6 Å². The first-order chi connectivity index (χ1) is 13.6. The molecule has 28 heavy (non-hydrogen) atoms. The zero-order valence-corrected chi connectivity index (χ0v) is 14.7. The van der Waals surface area contributed by atoms with Gasteiger partial charge in [0.15, 0.2) is 5.76 Å². The number of furan rings is 1. The summed E-state index contributed by atoms with van der Waals surface area (Å²) in [6.07, 6.45) is 3.84. The van der Waals surface area contributed by atoms with Gasteiger partial charge in [0.25, 0.3) is 11.8 Å². The summed E-state index contributed by atoms with van der Waals surface area (Å²) >= 11 is 0. The van der Waals surface area contributed by atoms with Crippen molar-refractivity contribution in [2.75, 3.05) is 23.7 Å². The van der Waals surface area contributed by atoms with Crippen molar-refractivity contribution in [1.82, 2.24) is 14.8 Å². The van der Waals surface area contributed by atoms with Gasteiger partial charge in [0.05, 0.1) is 12.5 Å². The summed E-state index contributed by atoms with van der Waals surface area (Å²) in [5.74, 6) is 0.569. The van der Waals surface area contributed by atoms with Gasteiger partial charge in [0, 0.05) is 19.0 Å². The number of hydrogen-bond donors (Lipinski definition) is 1. The molecule has 0 radical (unpaired) electrons. The highest BCUT2D eigenvalue weighted by molar-refractivity contribution is 5.84. The van der Waals surface area contributed by atoms with Crippen LogP contribution in [0.4, 0.5) is 11.7 Å². The average molecular weight is 377 g/mol. The molecule has 0 aromatic carbocycles. The van der Waals surface area contributed by atoms with Crippen molar-refractivity contribution in [2.24, 2.45) is 5.92 Å². The van der Waals surface area contributed by atoms with Crippen LogP contribution in [0, 0.1) is 28.6 Å². The van der Waals surface area contributed by atoms with E-state index in [4.69, 9.17) is 19.8 Å². The molecule has 0 spiro atoms. The fourth-order valence-electron chi connectivity index (χ4n) is 3.23. The van der Waals surface area contributed by atoms with Crippen LogP contribution in [-0.2, 0) is 0 Å². The fraction of sp³-hybridized carbons (Fsp3) is 0.278. The number of anilines is 2. The number of carbonyl (C=O) groups is 1. The first kappa shape index (κ1) is 17.4.